The molecule has 0 N–H and O–H groups in total. The van der Waals surface area contributed by atoms with Gasteiger partial charge in [-0.3, -0.25) is 29.6 Å². The predicted octanol–water partition coefficient (Wildman–Crippen LogP) is 6.21. The number of fused-ring (bicyclic) bond motifs is 1. The first-order valence-corrected chi connectivity index (χ1v) is 17.8. The van der Waals surface area contributed by atoms with E-state index in [1.807, 2.05) is 36.4 Å². The maximum absolute atomic E-state index is 14.3. The van der Waals surface area contributed by atoms with Gasteiger partial charge >= 0.3 is 11.7 Å². The fraction of sp³-hybridized carbons (Fsp3) is 0.286. The van der Waals surface area contributed by atoms with Crippen molar-refractivity contribution in [1.82, 2.24) is 4.57 Å². The van der Waals surface area contributed by atoms with Crippen LogP contribution < -0.4 is 33.8 Å². The molecule has 0 spiro atoms. The van der Waals surface area contributed by atoms with Crippen LogP contribution in [0, 0.1) is 23.8 Å². The molecular weight excluding hydrogens is 811 g/mol. The zero-order valence-electron chi connectivity index (χ0n) is 28.8. The highest BCUT2D eigenvalue weighted by Gasteiger charge is 2.34. The van der Waals surface area contributed by atoms with Gasteiger partial charge in [0.25, 0.3) is 11.2 Å². The molecule has 2 heterocycles. The van der Waals surface area contributed by atoms with Crippen molar-refractivity contribution in [2.45, 2.75) is 46.8 Å². The third-order valence-corrected chi connectivity index (χ3v) is 9.36. The zero-order chi connectivity index (χ0) is 37.9. The van der Waals surface area contributed by atoms with Gasteiger partial charge in [-0.25, -0.2) is 9.79 Å². The SMILES string of the molecule is CCOC(=O)C1=C(C)N=c2s/c(=C/c3cc(I)c(Oc4ccc([N+](=O)[O-])cc4[N+](=O)[O-])c(OCC)c3)c(=O)n2[C@@H]1c1ccc(OC(C)C)c(OC)c1. The molecule has 3 aromatic carbocycles. The average Bonchev–Trinajstić information content (AvgIpc) is 3.39. The van der Waals surface area contributed by atoms with Gasteiger partial charge in [-0.15, -0.1) is 0 Å². The summed E-state index contributed by atoms with van der Waals surface area (Å²) in [5.74, 6) is 0.461. The van der Waals surface area contributed by atoms with Crippen molar-refractivity contribution < 1.29 is 38.3 Å². The van der Waals surface area contributed by atoms with Crippen molar-refractivity contribution in [1.29, 1.82) is 0 Å². The smallest absolute Gasteiger partial charge is 0.338 e. The van der Waals surface area contributed by atoms with E-state index in [0.717, 1.165) is 29.5 Å². The van der Waals surface area contributed by atoms with Crippen molar-refractivity contribution in [3.63, 3.8) is 0 Å². The molecule has 17 heteroatoms. The summed E-state index contributed by atoms with van der Waals surface area (Å²) in [5, 5.41) is 23.0. The van der Waals surface area contributed by atoms with Crippen LogP contribution in [0.15, 0.2) is 69.6 Å². The number of halogens is 1. The van der Waals surface area contributed by atoms with Crippen molar-refractivity contribution in [3.8, 4) is 28.7 Å². The largest absolute Gasteiger partial charge is 0.493 e. The molecule has 5 rings (SSSR count). The minimum Gasteiger partial charge on any atom is -0.493 e. The number of nitro benzene ring substituents is 2. The Bertz CT molecular complexity index is 2300. The van der Waals surface area contributed by atoms with Gasteiger partial charge in [-0.1, -0.05) is 17.4 Å². The molecule has 52 heavy (non-hydrogen) atoms. The first kappa shape index (κ1) is 37.9. The van der Waals surface area contributed by atoms with Gasteiger partial charge in [0.15, 0.2) is 27.8 Å². The molecule has 1 atom stereocenters. The van der Waals surface area contributed by atoms with Crippen LogP contribution in [0.2, 0.25) is 0 Å². The molecule has 0 bridgehead atoms. The summed E-state index contributed by atoms with van der Waals surface area (Å²) < 4.78 is 30.9. The van der Waals surface area contributed by atoms with E-state index in [4.69, 9.17) is 23.7 Å². The number of hydrogen-bond acceptors (Lipinski definition) is 13. The van der Waals surface area contributed by atoms with Crippen LogP contribution in [0.5, 0.6) is 28.7 Å². The van der Waals surface area contributed by atoms with Crippen LogP contribution in [0.25, 0.3) is 6.08 Å². The number of hydrogen-bond donors (Lipinski definition) is 0. The quantitative estimate of drug-likeness (QED) is 0.0646. The predicted molar refractivity (Wildman–Crippen MR) is 199 cm³/mol. The Balaban J connectivity index is 1.64. The fourth-order valence-electron chi connectivity index (χ4n) is 5.46. The first-order valence-electron chi connectivity index (χ1n) is 15.9. The molecule has 1 aliphatic rings. The second-order valence-electron chi connectivity index (χ2n) is 11.4. The van der Waals surface area contributed by atoms with Gasteiger partial charge in [-0.2, -0.15) is 0 Å². The van der Waals surface area contributed by atoms with Gasteiger partial charge in [0.05, 0.1) is 67.8 Å². The van der Waals surface area contributed by atoms with Crippen molar-refractivity contribution in [2.75, 3.05) is 20.3 Å². The van der Waals surface area contributed by atoms with Crippen molar-refractivity contribution >= 4 is 57.3 Å². The van der Waals surface area contributed by atoms with E-state index in [2.05, 4.69) is 4.99 Å². The summed E-state index contributed by atoms with van der Waals surface area (Å²) in [4.78, 5) is 54.1. The van der Waals surface area contributed by atoms with E-state index in [0.29, 0.717) is 41.2 Å². The lowest BCUT2D eigenvalue weighted by Crippen LogP contribution is -2.40. The summed E-state index contributed by atoms with van der Waals surface area (Å²) in [6.07, 6.45) is 1.52. The molecule has 15 nitrogen and oxygen atoms in total. The Morgan fingerprint density at radius 3 is 2.38 bits per heavy atom. The molecule has 0 fully saturated rings. The van der Waals surface area contributed by atoms with Gasteiger partial charge < -0.3 is 23.7 Å². The van der Waals surface area contributed by atoms with Crippen LogP contribution in [-0.4, -0.2) is 46.8 Å². The van der Waals surface area contributed by atoms with E-state index < -0.39 is 38.8 Å². The lowest BCUT2D eigenvalue weighted by Gasteiger charge is -2.25. The highest BCUT2D eigenvalue weighted by Crippen LogP contribution is 2.42. The molecule has 0 unspecified atom stereocenters. The van der Waals surface area contributed by atoms with Gasteiger partial charge in [0, 0.05) is 6.07 Å². The third kappa shape index (κ3) is 7.79. The second-order valence-corrected chi connectivity index (χ2v) is 13.6. The Morgan fingerprint density at radius 2 is 1.75 bits per heavy atom. The van der Waals surface area contributed by atoms with Crippen LogP contribution in [0.4, 0.5) is 11.4 Å². The molecule has 0 saturated heterocycles. The number of aromatic nitrogens is 1. The van der Waals surface area contributed by atoms with Gasteiger partial charge in [0.1, 0.15) is 0 Å². The second kappa shape index (κ2) is 15.9. The summed E-state index contributed by atoms with van der Waals surface area (Å²) in [6.45, 7) is 9.24. The minimum atomic E-state index is -0.896. The number of esters is 1. The highest BCUT2D eigenvalue weighted by molar-refractivity contribution is 14.1. The summed E-state index contributed by atoms with van der Waals surface area (Å²) in [7, 11) is 1.51. The van der Waals surface area contributed by atoms with E-state index in [1.54, 1.807) is 57.2 Å². The maximum atomic E-state index is 14.3. The van der Waals surface area contributed by atoms with Crippen molar-refractivity contribution in [3.05, 3.63) is 114 Å². The average molecular weight is 845 g/mol. The Kier molecular flexibility index (Phi) is 11.6. The standard InChI is InChI=1S/C35H33IN4O11S/c1-7-48-28-14-20(13-23(36)32(28)51-25-12-10-22(39(43)44)17-24(25)40(45)46)15-29-33(41)38-31(21-9-11-26(50-18(3)4)27(16-21)47-6)30(34(42)49-8-2)19(5)37-35(38)52-29/h9-18,31H,7-8H2,1-6H3/b29-15+/t31-/m1/s1. The molecule has 272 valence electrons. The number of ether oxygens (including phenoxy) is 5. The number of non-ortho nitro benzene ring substituents is 1. The lowest BCUT2D eigenvalue weighted by atomic mass is 9.95. The minimum absolute atomic E-state index is 0.120. The van der Waals surface area contributed by atoms with Crippen LogP contribution >= 0.6 is 33.9 Å². The topological polar surface area (TPSA) is 184 Å². The molecule has 4 aromatic rings. The number of nitrogens with zero attached hydrogens (tertiary/aromatic N) is 4. The molecule has 0 aliphatic carbocycles. The number of carbonyl (C=O) groups excluding carboxylic acids is 1. The number of carbonyl (C=O) groups is 1. The number of allylic oxidation sites excluding steroid dienone is 1. The monoisotopic (exact) mass is 844 g/mol. The van der Waals surface area contributed by atoms with E-state index in [1.165, 1.54) is 11.7 Å². The van der Waals surface area contributed by atoms with Crippen LogP contribution in [0.1, 0.15) is 51.8 Å². The summed E-state index contributed by atoms with van der Waals surface area (Å²) >= 11 is 3.11. The molecule has 0 amide bonds. The third-order valence-electron chi connectivity index (χ3n) is 7.57. The lowest BCUT2D eigenvalue weighted by molar-refractivity contribution is -0.394. The molecule has 0 saturated carbocycles. The number of thiazole rings is 1. The van der Waals surface area contributed by atoms with E-state index >= 15 is 0 Å². The molecule has 1 aromatic heterocycles. The number of nitro groups is 2. The Morgan fingerprint density at radius 1 is 1.02 bits per heavy atom. The normalized spacial score (nSPS) is 14.1. The van der Waals surface area contributed by atoms with Crippen LogP contribution in [0.3, 0.4) is 0 Å². The first-order chi connectivity index (χ1) is 24.8. The Labute approximate surface area is 314 Å². The van der Waals surface area contributed by atoms with E-state index in [9.17, 15) is 29.8 Å². The maximum Gasteiger partial charge on any atom is 0.338 e. The fourth-order valence-corrected chi connectivity index (χ4v) is 7.24. The summed E-state index contributed by atoms with van der Waals surface area (Å²) in [6, 6.07) is 10.7. The molecule has 1 aliphatic heterocycles. The number of methoxy groups -OCH3 is 1. The number of benzene rings is 3. The van der Waals surface area contributed by atoms with Gasteiger partial charge in [0.2, 0.25) is 5.75 Å². The highest BCUT2D eigenvalue weighted by atomic mass is 127. The summed E-state index contributed by atoms with van der Waals surface area (Å²) in [5.41, 5.74) is 0.247. The van der Waals surface area contributed by atoms with E-state index in [-0.39, 0.29) is 42.1 Å². The molecule has 0 radical (unpaired) electrons. The number of rotatable bonds is 13. The van der Waals surface area contributed by atoms with Crippen LogP contribution in [-0.2, 0) is 9.53 Å². The van der Waals surface area contributed by atoms with Crippen molar-refractivity contribution in [2.24, 2.45) is 4.99 Å². The van der Waals surface area contributed by atoms with Gasteiger partial charge in [-0.05, 0) is 105 Å². The zero-order valence-corrected chi connectivity index (χ0v) is 31.8. The Hall–Kier alpha value is -5.30. The molecular formula is C35H33IN4O11S.